The van der Waals surface area contributed by atoms with Crippen LogP contribution in [0.25, 0.3) is 0 Å². The van der Waals surface area contributed by atoms with Gasteiger partial charge in [-0.3, -0.25) is 4.99 Å². The summed E-state index contributed by atoms with van der Waals surface area (Å²) in [5, 5.41) is 4.40. The highest BCUT2D eigenvalue weighted by Gasteiger charge is 2.20. The SMILES string of the molecule is COc1ccc(NC2=NC(c3ccccc3)CS2)c(C)c1. The van der Waals surface area contributed by atoms with E-state index in [9.17, 15) is 0 Å². The number of rotatable bonds is 3. The third-order valence-corrected chi connectivity index (χ3v) is 4.47. The van der Waals surface area contributed by atoms with Gasteiger partial charge in [-0.15, -0.1) is 0 Å². The van der Waals surface area contributed by atoms with Crippen LogP contribution >= 0.6 is 11.8 Å². The average molecular weight is 298 g/mol. The molecule has 0 bridgehead atoms. The number of amidine groups is 1. The molecule has 0 spiro atoms. The van der Waals surface area contributed by atoms with Crippen molar-refractivity contribution in [1.29, 1.82) is 0 Å². The molecule has 1 atom stereocenters. The van der Waals surface area contributed by atoms with E-state index in [0.29, 0.717) is 0 Å². The van der Waals surface area contributed by atoms with Crippen molar-refractivity contribution in [2.45, 2.75) is 13.0 Å². The van der Waals surface area contributed by atoms with Crippen LogP contribution in [-0.2, 0) is 0 Å². The molecule has 1 aliphatic rings. The Balaban J connectivity index is 1.74. The Hall–Kier alpha value is -1.94. The largest absolute Gasteiger partial charge is 0.497 e. The molecule has 2 aromatic rings. The molecule has 0 saturated carbocycles. The number of methoxy groups -OCH3 is 1. The van der Waals surface area contributed by atoms with Crippen molar-refractivity contribution in [2.75, 3.05) is 18.2 Å². The summed E-state index contributed by atoms with van der Waals surface area (Å²) in [6.07, 6.45) is 0. The standard InChI is InChI=1S/C17H18N2OS/c1-12-10-14(20-2)8-9-15(12)18-17-19-16(11-21-17)13-6-4-3-5-7-13/h3-10,16H,11H2,1-2H3,(H,18,19). The number of aryl methyl sites for hydroxylation is 1. The summed E-state index contributed by atoms with van der Waals surface area (Å²) < 4.78 is 5.23. The van der Waals surface area contributed by atoms with E-state index in [1.807, 2.05) is 24.3 Å². The fraction of sp³-hybridized carbons (Fsp3) is 0.235. The minimum absolute atomic E-state index is 0.247. The summed E-state index contributed by atoms with van der Waals surface area (Å²) in [5.74, 6) is 1.86. The van der Waals surface area contributed by atoms with E-state index in [4.69, 9.17) is 9.73 Å². The van der Waals surface area contributed by atoms with Crippen molar-refractivity contribution >= 4 is 22.6 Å². The van der Waals surface area contributed by atoms with Gasteiger partial charge in [0.25, 0.3) is 0 Å². The molecule has 3 rings (SSSR count). The average Bonchev–Trinajstić information content (AvgIpc) is 2.99. The number of benzene rings is 2. The maximum absolute atomic E-state index is 5.23. The second-order valence-corrected chi connectivity index (χ2v) is 5.99. The predicted octanol–water partition coefficient (Wildman–Crippen LogP) is 4.26. The van der Waals surface area contributed by atoms with E-state index in [1.165, 1.54) is 5.56 Å². The fourth-order valence-electron chi connectivity index (χ4n) is 2.31. The van der Waals surface area contributed by atoms with E-state index in [1.54, 1.807) is 18.9 Å². The van der Waals surface area contributed by atoms with Crippen molar-refractivity contribution in [3.8, 4) is 5.75 Å². The first-order valence-corrected chi connectivity index (χ1v) is 7.92. The first kappa shape index (κ1) is 14.0. The van der Waals surface area contributed by atoms with Gasteiger partial charge in [-0.05, 0) is 36.2 Å². The summed E-state index contributed by atoms with van der Waals surface area (Å²) >= 11 is 1.77. The first-order chi connectivity index (χ1) is 10.3. The van der Waals surface area contributed by atoms with Gasteiger partial charge in [0, 0.05) is 11.4 Å². The van der Waals surface area contributed by atoms with E-state index >= 15 is 0 Å². The van der Waals surface area contributed by atoms with Gasteiger partial charge in [-0.1, -0.05) is 42.1 Å². The highest BCUT2D eigenvalue weighted by atomic mass is 32.2. The maximum atomic E-state index is 5.23. The number of nitrogens with one attached hydrogen (secondary N) is 1. The Morgan fingerprint density at radius 1 is 1.19 bits per heavy atom. The zero-order valence-corrected chi connectivity index (χ0v) is 13.0. The zero-order valence-electron chi connectivity index (χ0n) is 12.2. The van der Waals surface area contributed by atoms with Gasteiger partial charge in [0.2, 0.25) is 0 Å². The molecule has 0 aliphatic carbocycles. The van der Waals surface area contributed by atoms with Gasteiger partial charge in [0.1, 0.15) is 5.75 Å². The van der Waals surface area contributed by atoms with Gasteiger partial charge in [0.05, 0.1) is 13.2 Å². The summed E-state index contributed by atoms with van der Waals surface area (Å²) in [4.78, 5) is 4.77. The van der Waals surface area contributed by atoms with Crippen LogP contribution in [-0.4, -0.2) is 18.0 Å². The third kappa shape index (κ3) is 3.22. The molecule has 0 saturated heterocycles. The molecule has 21 heavy (non-hydrogen) atoms. The van der Waals surface area contributed by atoms with E-state index in [0.717, 1.165) is 27.9 Å². The smallest absolute Gasteiger partial charge is 0.161 e. The minimum Gasteiger partial charge on any atom is -0.497 e. The molecular formula is C17H18N2OS. The van der Waals surface area contributed by atoms with Gasteiger partial charge in [-0.25, -0.2) is 0 Å². The third-order valence-electron chi connectivity index (χ3n) is 3.51. The Kier molecular flexibility index (Phi) is 4.15. The monoisotopic (exact) mass is 298 g/mol. The lowest BCUT2D eigenvalue weighted by Gasteiger charge is -2.10. The van der Waals surface area contributed by atoms with Crippen LogP contribution < -0.4 is 10.1 Å². The normalized spacial score (nSPS) is 17.4. The summed E-state index contributed by atoms with van der Waals surface area (Å²) in [6, 6.07) is 16.7. The fourth-order valence-corrected chi connectivity index (χ4v) is 3.27. The quantitative estimate of drug-likeness (QED) is 0.919. The molecule has 1 heterocycles. The molecule has 1 N–H and O–H groups in total. The molecule has 2 aromatic carbocycles. The van der Waals surface area contributed by atoms with Gasteiger partial charge >= 0.3 is 0 Å². The van der Waals surface area contributed by atoms with Crippen molar-refractivity contribution in [3.05, 3.63) is 59.7 Å². The Morgan fingerprint density at radius 3 is 2.71 bits per heavy atom. The number of aliphatic imine (C=N–C) groups is 1. The van der Waals surface area contributed by atoms with E-state index in [2.05, 4.69) is 36.5 Å². The van der Waals surface area contributed by atoms with Crippen molar-refractivity contribution in [1.82, 2.24) is 0 Å². The second kappa shape index (κ2) is 6.22. The molecule has 0 aromatic heterocycles. The van der Waals surface area contributed by atoms with Crippen molar-refractivity contribution in [3.63, 3.8) is 0 Å². The van der Waals surface area contributed by atoms with Crippen molar-refractivity contribution in [2.24, 2.45) is 4.99 Å². The maximum Gasteiger partial charge on any atom is 0.161 e. The topological polar surface area (TPSA) is 33.6 Å². The molecular weight excluding hydrogens is 280 g/mol. The molecule has 4 heteroatoms. The lowest BCUT2D eigenvalue weighted by Crippen LogP contribution is -2.06. The van der Waals surface area contributed by atoms with Crippen LogP contribution in [0.15, 0.2) is 53.5 Å². The molecule has 0 fully saturated rings. The highest BCUT2D eigenvalue weighted by Crippen LogP contribution is 2.31. The van der Waals surface area contributed by atoms with Crippen molar-refractivity contribution < 1.29 is 4.74 Å². The Bertz CT molecular complexity index is 655. The van der Waals surface area contributed by atoms with Gasteiger partial charge < -0.3 is 10.1 Å². The Labute approximate surface area is 129 Å². The molecule has 3 nitrogen and oxygen atoms in total. The number of anilines is 1. The molecule has 0 amide bonds. The Morgan fingerprint density at radius 2 is 2.00 bits per heavy atom. The lowest BCUT2D eigenvalue weighted by molar-refractivity contribution is 0.414. The molecule has 1 unspecified atom stereocenters. The van der Waals surface area contributed by atoms with Crippen LogP contribution in [0.4, 0.5) is 5.69 Å². The zero-order chi connectivity index (χ0) is 14.7. The first-order valence-electron chi connectivity index (χ1n) is 6.93. The number of nitrogens with zero attached hydrogens (tertiary/aromatic N) is 1. The predicted molar refractivity (Wildman–Crippen MR) is 90.4 cm³/mol. The summed E-state index contributed by atoms with van der Waals surface area (Å²) in [7, 11) is 1.68. The van der Waals surface area contributed by atoms with Crippen LogP contribution in [0.5, 0.6) is 5.75 Å². The molecule has 108 valence electrons. The summed E-state index contributed by atoms with van der Waals surface area (Å²) in [5.41, 5.74) is 3.50. The number of ether oxygens (including phenoxy) is 1. The lowest BCUT2D eigenvalue weighted by atomic mass is 10.1. The van der Waals surface area contributed by atoms with Crippen LogP contribution in [0.1, 0.15) is 17.2 Å². The number of hydrogen-bond acceptors (Lipinski definition) is 4. The van der Waals surface area contributed by atoms with E-state index in [-0.39, 0.29) is 6.04 Å². The minimum atomic E-state index is 0.247. The van der Waals surface area contributed by atoms with Crippen LogP contribution in [0.3, 0.4) is 0 Å². The second-order valence-electron chi connectivity index (χ2n) is 4.98. The molecule has 1 aliphatic heterocycles. The van der Waals surface area contributed by atoms with Gasteiger partial charge in [0.15, 0.2) is 5.17 Å². The van der Waals surface area contributed by atoms with Crippen LogP contribution in [0, 0.1) is 6.92 Å². The number of hydrogen-bond donors (Lipinski definition) is 1. The molecule has 0 radical (unpaired) electrons. The van der Waals surface area contributed by atoms with E-state index < -0.39 is 0 Å². The summed E-state index contributed by atoms with van der Waals surface area (Å²) in [6.45, 7) is 2.07. The van der Waals surface area contributed by atoms with Crippen LogP contribution in [0.2, 0.25) is 0 Å². The number of thioether (sulfide) groups is 1. The van der Waals surface area contributed by atoms with Gasteiger partial charge in [-0.2, -0.15) is 0 Å². The highest BCUT2D eigenvalue weighted by molar-refractivity contribution is 8.14.